The van der Waals surface area contributed by atoms with Crippen molar-refractivity contribution in [2.75, 3.05) is 26.2 Å². The molecule has 1 amide bonds. The Morgan fingerprint density at radius 2 is 2.00 bits per heavy atom. The summed E-state index contributed by atoms with van der Waals surface area (Å²) in [7, 11) is 0. The predicted octanol–water partition coefficient (Wildman–Crippen LogP) is 3.28. The van der Waals surface area contributed by atoms with E-state index < -0.39 is 5.60 Å². The SMILES string of the molecule is CC(C)(C)OC(=O)N1CCN([C@H](c2cccc(F)c2)c2sc3ncnn3c2O)CC1. The quantitative estimate of drug-likeness (QED) is 0.683. The van der Waals surface area contributed by atoms with Crippen LogP contribution in [0.5, 0.6) is 5.88 Å². The number of hydrogen-bond donors (Lipinski definition) is 1. The first kappa shape index (κ1) is 20.5. The first-order chi connectivity index (χ1) is 14.2. The number of aromatic hydroxyl groups is 1. The van der Waals surface area contributed by atoms with E-state index in [-0.39, 0.29) is 23.8 Å². The van der Waals surface area contributed by atoms with Gasteiger partial charge in [0.2, 0.25) is 10.8 Å². The molecule has 8 nitrogen and oxygen atoms in total. The Morgan fingerprint density at radius 3 is 2.63 bits per heavy atom. The van der Waals surface area contributed by atoms with Crippen LogP contribution in [0.3, 0.4) is 0 Å². The van der Waals surface area contributed by atoms with Gasteiger partial charge in [-0.25, -0.2) is 14.2 Å². The highest BCUT2D eigenvalue weighted by atomic mass is 32.1. The molecule has 4 rings (SSSR count). The van der Waals surface area contributed by atoms with Crippen LogP contribution in [0, 0.1) is 5.82 Å². The molecule has 0 radical (unpaired) electrons. The molecule has 1 aliphatic rings. The number of amides is 1. The Labute approximate surface area is 177 Å². The highest BCUT2D eigenvalue weighted by Crippen LogP contribution is 2.40. The molecule has 0 saturated carbocycles. The summed E-state index contributed by atoms with van der Waals surface area (Å²) in [5.41, 5.74) is 0.170. The van der Waals surface area contributed by atoms with Crippen LogP contribution in [0.15, 0.2) is 30.6 Å². The summed E-state index contributed by atoms with van der Waals surface area (Å²) in [4.78, 5) is 21.6. The van der Waals surface area contributed by atoms with Gasteiger partial charge in [-0.05, 0) is 38.5 Å². The van der Waals surface area contributed by atoms with E-state index in [1.54, 1.807) is 11.0 Å². The average Bonchev–Trinajstić information content (AvgIpc) is 3.25. The second kappa shape index (κ2) is 7.84. The Hall–Kier alpha value is -2.72. The van der Waals surface area contributed by atoms with Gasteiger partial charge in [-0.1, -0.05) is 23.5 Å². The van der Waals surface area contributed by atoms with Gasteiger partial charge in [0.05, 0.1) is 10.9 Å². The van der Waals surface area contributed by atoms with E-state index in [0.29, 0.717) is 36.0 Å². The van der Waals surface area contributed by atoms with Crippen molar-refractivity contribution in [3.8, 4) is 5.88 Å². The third kappa shape index (κ3) is 4.10. The van der Waals surface area contributed by atoms with Gasteiger partial charge in [-0.3, -0.25) is 4.90 Å². The largest absolute Gasteiger partial charge is 0.492 e. The van der Waals surface area contributed by atoms with Crippen LogP contribution in [0.1, 0.15) is 37.3 Å². The Kier molecular flexibility index (Phi) is 5.37. The zero-order valence-corrected chi connectivity index (χ0v) is 17.9. The first-order valence-electron chi connectivity index (χ1n) is 9.72. The minimum absolute atomic E-state index is 0.00340. The van der Waals surface area contributed by atoms with E-state index in [2.05, 4.69) is 15.0 Å². The van der Waals surface area contributed by atoms with Crippen molar-refractivity contribution < 1.29 is 19.0 Å². The van der Waals surface area contributed by atoms with Crippen molar-refractivity contribution in [1.82, 2.24) is 24.4 Å². The fourth-order valence-electron chi connectivity index (χ4n) is 3.57. The highest BCUT2D eigenvalue weighted by Gasteiger charge is 2.33. The molecule has 1 aromatic carbocycles. The molecular weight excluding hydrogens is 409 g/mol. The topological polar surface area (TPSA) is 83.2 Å². The lowest BCUT2D eigenvalue weighted by atomic mass is 10.0. The van der Waals surface area contributed by atoms with Crippen molar-refractivity contribution in [3.05, 3.63) is 46.9 Å². The molecular formula is C20H24FN5O3S. The first-order valence-corrected chi connectivity index (χ1v) is 10.5. The van der Waals surface area contributed by atoms with Crippen LogP contribution in [-0.2, 0) is 4.74 Å². The van der Waals surface area contributed by atoms with Crippen molar-refractivity contribution in [2.45, 2.75) is 32.4 Å². The van der Waals surface area contributed by atoms with Gasteiger partial charge in [-0.15, -0.1) is 0 Å². The maximum Gasteiger partial charge on any atom is 0.410 e. The summed E-state index contributed by atoms with van der Waals surface area (Å²) < 4.78 is 20.8. The van der Waals surface area contributed by atoms with Crippen LogP contribution < -0.4 is 0 Å². The van der Waals surface area contributed by atoms with Crippen molar-refractivity contribution in [1.29, 1.82) is 0 Å². The molecule has 2 aromatic heterocycles. The van der Waals surface area contributed by atoms with Gasteiger partial charge in [0, 0.05) is 26.2 Å². The van der Waals surface area contributed by atoms with Gasteiger partial charge in [-0.2, -0.15) is 9.61 Å². The number of piperazine rings is 1. The van der Waals surface area contributed by atoms with E-state index in [9.17, 15) is 14.3 Å². The Balaban J connectivity index is 1.61. The van der Waals surface area contributed by atoms with E-state index in [1.165, 1.54) is 34.3 Å². The standard InChI is InChI=1S/C20H24FN5O3S/c1-20(2,3)29-19(28)25-9-7-24(8-10-25)15(13-5-4-6-14(21)11-13)16-17(27)26-18(30-16)22-12-23-26/h4-6,11-12,15,27H,7-10H2,1-3H3/t15-/m1/s1. The molecule has 1 aliphatic heterocycles. The van der Waals surface area contributed by atoms with Gasteiger partial charge in [0.25, 0.3) is 0 Å². The molecule has 10 heteroatoms. The summed E-state index contributed by atoms with van der Waals surface area (Å²) in [6.45, 7) is 7.56. The monoisotopic (exact) mass is 433 g/mol. The molecule has 160 valence electrons. The maximum atomic E-state index is 14.0. The number of fused-ring (bicyclic) bond motifs is 1. The second-order valence-electron chi connectivity index (χ2n) is 8.21. The van der Waals surface area contributed by atoms with Crippen LogP contribution in [-0.4, -0.2) is 67.4 Å². The Bertz CT molecular complexity index is 1050. The average molecular weight is 434 g/mol. The van der Waals surface area contributed by atoms with Gasteiger partial charge < -0.3 is 14.7 Å². The fraction of sp³-hybridized carbons (Fsp3) is 0.450. The third-order valence-electron chi connectivity index (χ3n) is 4.88. The van der Waals surface area contributed by atoms with Crippen LogP contribution in [0.25, 0.3) is 4.96 Å². The lowest BCUT2D eigenvalue weighted by molar-refractivity contribution is 0.0119. The number of carbonyl (C=O) groups is 1. The highest BCUT2D eigenvalue weighted by molar-refractivity contribution is 7.17. The number of halogens is 1. The zero-order chi connectivity index (χ0) is 21.5. The molecule has 0 spiro atoms. The van der Waals surface area contributed by atoms with Crippen molar-refractivity contribution >= 4 is 22.4 Å². The summed E-state index contributed by atoms with van der Waals surface area (Å²) in [5, 5.41) is 14.8. The number of rotatable bonds is 3. The second-order valence-corrected chi connectivity index (χ2v) is 9.21. The lowest BCUT2D eigenvalue weighted by Crippen LogP contribution is -2.50. The maximum absolute atomic E-state index is 14.0. The van der Waals surface area contributed by atoms with Crippen molar-refractivity contribution in [3.63, 3.8) is 0 Å². The van der Waals surface area contributed by atoms with Gasteiger partial charge in [0.1, 0.15) is 17.7 Å². The van der Waals surface area contributed by atoms with Gasteiger partial charge >= 0.3 is 6.09 Å². The molecule has 30 heavy (non-hydrogen) atoms. The molecule has 1 saturated heterocycles. The number of benzene rings is 1. The fourth-order valence-corrected chi connectivity index (χ4v) is 4.66. The summed E-state index contributed by atoms with van der Waals surface area (Å²) in [6, 6.07) is 5.98. The molecule has 0 unspecified atom stereocenters. The number of thiazole rings is 1. The van der Waals surface area contributed by atoms with E-state index in [0.717, 1.165) is 5.56 Å². The molecule has 3 heterocycles. The van der Waals surface area contributed by atoms with Crippen LogP contribution in [0.2, 0.25) is 0 Å². The van der Waals surface area contributed by atoms with E-state index >= 15 is 0 Å². The zero-order valence-electron chi connectivity index (χ0n) is 17.1. The third-order valence-corrected chi connectivity index (χ3v) is 5.97. The van der Waals surface area contributed by atoms with E-state index in [1.807, 2.05) is 26.8 Å². The summed E-state index contributed by atoms with van der Waals surface area (Å²) >= 11 is 1.32. The predicted molar refractivity (Wildman–Crippen MR) is 110 cm³/mol. The number of aromatic nitrogens is 3. The normalized spacial score (nSPS) is 16.7. The number of ether oxygens (including phenoxy) is 1. The molecule has 1 atom stereocenters. The minimum atomic E-state index is -0.553. The number of hydrogen-bond acceptors (Lipinski definition) is 7. The minimum Gasteiger partial charge on any atom is -0.492 e. The molecule has 0 bridgehead atoms. The lowest BCUT2D eigenvalue weighted by Gasteiger charge is -2.39. The van der Waals surface area contributed by atoms with Crippen LogP contribution in [0.4, 0.5) is 9.18 Å². The summed E-state index contributed by atoms with van der Waals surface area (Å²) in [5.74, 6) is -0.347. The van der Waals surface area contributed by atoms with Crippen molar-refractivity contribution in [2.24, 2.45) is 0 Å². The summed E-state index contributed by atoms with van der Waals surface area (Å²) in [6.07, 6.45) is 1.04. The van der Waals surface area contributed by atoms with E-state index in [4.69, 9.17) is 4.74 Å². The number of nitrogens with zero attached hydrogens (tertiary/aromatic N) is 5. The smallest absolute Gasteiger partial charge is 0.410 e. The van der Waals surface area contributed by atoms with Crippen LogP contribution >= 0.6 is 11.3 Å². The molecule has 0 aliphatic carbocycles. The van der Waals surface area contributed by atoms with Gasteiger partial charge in [0.15, 0.2) is 0 Å². The Morgan fingerprint density at radius 1 is 1.27 bits per heavy atom. The molecule has 1 N–H and O–H groups in total. The molecule has 3 aromatic rings. The molecule has 1 fully saturated rings. The number of carbonyl (C=O) groups excluding carboxylic acids is 1.